The van der Waals surface area contributed by atoms with Crippen LogP contribution in [-0.2, 0) is 22.8 Å². The average Bonchev–Trinajstić information content (AvgIpc) is 3.45. The van der Waals surface area contributed by atoms with Crippen LogP contribution < -0.4 is 4.74 Å². The maximum atomic E-state index is 13.4. The molecule has 0 N–H and O–H groups in total. The molecular weight excluding hydrogens is 440 g/mol. The molecule has 0 aliphatic carbocycles. The van der Waals surface area contributed by atoms with Crippen molar-refractivity contribution < 1.29 is 22.5 Å². The summed E-state index contributed by atoms with van der Waals surface area (Å²) in [4.78, 5) is 15.1. The minimum absolute atomic E-state index is 0.0324. The summed E-state index contributed by atoms with van der Waals surface area (Å²) in [6.07, 6.45) is 1.35. The Balaban J connectivity index is 1.58. The van der Waals surface area contributed by atoms with Crippen molar-refractivity contribution in [3.05, 3.63) is 71.4 Å². The number of aromatic nitrogens is 1. The molecule has 2 aromatic carbocycles. The van der Waals surface area contributed by atoms with Crippen molar-refractivity contribution in [3.8, 4) is 17.1 Å². The number of amides is 1. The molecule has 7 nitrogen and oxygen atoms in total. The van der Waals surface area contributed by atoms with Crippen LogP contribution in [0.1, 0.15) is 41.9 Å². The van der Waals surface area contributed by atoms with Crippen LogP contribution in [0.5, 0.6) is 5.75 Å². The molecule has 1 atom stereocenters. The molecule has 2 heterocycles. The Morgan fingerprint density at radius 3 is 2.39 bits per heavy atom. The highest BCUT2D eigenvalue weighted by atomic mass is 32.2. The molecule has 0 spiro atoms. The first-order valence-electron chi connectivity index (χ1n) is 11.2. The standard InChI is InChI=1S/C25H28N2O5S/c1-3-18-5-7-19(8-6-18)16-27(21-13-14-33(29,30)17-21)25(28)23-15-24(32-26-23)20-9-11-22(12-10-20)31-4-2/h5-12,15,21H,3-4,13-14,16-17H2,1-2H3/t21-/m1/s1. The molecule has 8 heteroatoms. The first kappa shape index (κ1) is 23.0. The summed E-state index contributed by atoms with van der Waals surface area (Å²) in [7, 11) is -3.16. The number of carbonyl (C=O) groups is 1. The molecule has 1 amide bonds. The lowest BCUT2D eigenvalue weighted by molar-refractivity contribution is 0.0670. The van der Waals surface area contributed by atoms with Crippen LogP contribution >= 0.6 is 0 Å². The van der Waals surface area contributed by atoms with Crippen LogP contribution in [0.15, 0.2) is 59.1 Å². The quantitative estimate of drug-likeness (QED) is 0.494. The van der Waals surface area contributed by atoms with Crippen molar-refractivity contribution in [2.45, 2.75) is 39.3 Å². The predicted molar refractivity (Wildman–Crippen MR) is 126 cm³/mol. The number of benzene rings is 2. The molecule has 1 aliphatic heterocycles. The molecule has 33 heavy (non-hydrogen) atoms. The van der Waals surface area contributed by atoms with Crippen molar-refractivity contribution in [1.82, 2.24) is 10.1 Å². The van der Waals surface area contributed by atoms with E-state index < -0.39 is 9.84 Å². The molecule has 1 aromatic heterocycles. The van der Waals surface area contributed by atoms with E-state index in [1.54, 1.807) is 11.0 Å². The number of sulfone groups is 1. The summed E-state index contributed by atoms with van der Waals surface area (Å²) < 4.78 is 35.2. The molecular formula is C25H28N2O5S. The minimum atomic E-state index is -3.16. The average molecular weight is 469 g/mol. The normalized spacial score (nSPS) is 17.1. The monoisotopic (exact) mass is 468 g/mol. The number of carbonyl (C=O) groups excluding carboxylic acids is 1. The van der Waals surface area contributed by atoms with Crippen LogP contribution in [0.2, 0.25) is 0 Å². The van der Waals surface area contributed by atoms with Gasteiger partial charge >= 0.3 is 0 Å². The smallest absolute Gasteiger partial charge is 0.276 e. The molecule has 0 saturated carbocycles. The minimum Gasteiger partial charge on any atom is -0.494 e. The number of nitrogens with zero attached hydrogens (tertiary/aromatic N) is 2. The molecule has 4 rings (SSSR count). The van der Waals surface area contributed by atoms with Gasteiger partial charge in [-0.1, -0.05) is 36.3 Å². The second-order valence-corrected chi connectivity index (χ2v) is 10.4. The third-order valence-electron chi connectivity index (χ3n) is 5.87. The fraction of sp³-hybridized carbons (Fsp3) is 0.360. The van der Waals surface area contributed by atoms with Gasteiger partial charge in [0.15, 0.2) is 21.3 Å². The van der Waals surface area contributed by atoms with Gasteiger partial charge in [0.05, 0.1) is 18.1 Å². The number of rotatable bonds is 8. The van der Waals surface area contributed by atoms with Gasteiger partial charge in [0, 0.05) is 24.2 Å². The van der Waals surface area contributed by atoms with Gasteiger partial charge in [-0.3, -0.25) is 4.79 Å². The number of hydrogen-bond donors (Lipinski definition) is 0. The van der Waals surface area contributed by atoms with Crippen LogP contribution in [0, 0.1) is 0 Å². The predicted octanol–water partition coefficient (Wildman–Crippen LogP) is 4.13. The summed E-state index contributed by atoms with van der Waals surface area (Å²) in [6, 6.07) is 16.6. The van der Waals surface area contributed by atoms with Crippen LogP contribution in [0.3, 0.4) is 0 Å². The highest BCUT2D eigenvalue weighted by Crippen LogP contribution is 2.26. The first-order chi connectivity index (χ1) is 15.9. The van der Waals surface area contributed by atoms with Crippen molar-refractivity contribution in [2.24, 2.45) is 0 Å². The summed E-state index contributed by atoms with van der Waals surface area (Å²) in [5.74, 6) is 0.937. The van der Waals surface area contributed by atoms with E-state index in [0.29, 0.717) is 25.3 Å². The number of aryl methyl sites for hydroxylation is 1. The molecule has 0 unspecified atom stereocenters. The van der Waals surface area contributed by atoms with Crippen LogP contribution in [0.25, 0.3) is 11.3 Å². The van der Waals surface area contributed by atoms with Gasteiger partial charge in [-0.05, 0) is 55.2 Å². The second-order valence-electron chi connectivity index (χ2n) is 8.19. The first-order valence-corrected chi connectivity index (χ1v) is 13.0. The zero-order valence-corrected chi connectivity index (χ0v) is 19.7. The van der Waals surface area contributed by atoms with E-state index in [-0.39, 0.29) is 29.1 Å². The molecule has 0 radical (unpaired) electrons. The van der Waals surface area contributed by atoms with Gasteiger partial charge in [0.1, 0.15) is 5.75 Å². The highest BCUT2D eigenvalue weighted by molar-refractivity contribution is 7.91. The zero-order chi connectivity index (χ0) is 23.4. The maximum Gasteiger partial charge on any atom is 0.276 e. The Labute approximate surface area is 194 Å². The molecule has 174 valence electrons. The summed E-state index contributed by atoms with van der Waals surface area (Å²) in [6.45, 7) is 4.89. The van der Waals surface area contributed by atoms with E-state index in [1.165, 1.54) is 5.56 Å². The van der Waals surface area contributed by atoms with Crippen molar-refractivity contribution in [1.29, 1.82) is 0 Å². The summed E-state index contributed by atoms with van der Waals surface area (Å²) in [5, 5.41) is 4.00. The van der Waals surface area contributed by atoms with Gasteiger partial charge in [0.2, 0.25) is 0 Å². The fourth-order valence-electron chi connectivity index (χ4n) is 4.01. The van der Waals surface area contributed by atoms with Gasteiger partial charge in [0.25, 0.3) is 5.91 Å². The second kappa shape index (κ2) is 9.79. The lowest BCUT2D eigenvalue weighted by atomic mass is 10.1. The largest absolute Gasteiger partial charge is 0.494 e. The topological polar surface area (TPSA) is 89.7 Å². The molecule has 1 aliphatic rings. The Kier molecular flexibility index (Phi) is 6.83. The maximum absolute atomic E-state index is 13.4. The van der Waals surface area contributed by atoms with Crippen molar-refractivity contribution >= 4 is 15.7 Å². The lowest BCUT2D eigenvalue weighted by Gasteiger charge is -2.27. The Hall–Kier alpha value is -3.13. The van der Waals surface area contributed by atoms with Gasteiger partial charge < -0.3 is 14.2 Å². The van der Waals surface area contributed by atoms with Gasteiger partial charge in [-0.2, -0.15) is 0 Å². The zero-order valence-electron chi connectivity index (χ0n) is 18.9. The van der Waals surface area contributed by atoms with Crippen LogP contribution in [-0.4, -0.2) is 48.5 Å². The Bertz CT molecular complexity index is 1200. The summed E-state index contributed by atoms with van der Waals surface area (Å²) in [5.41, 5.74) is 3.08. The van der Waals surface area contributed by atoms with Gasteiger partial charge in [-0.15, -0.1) is 0 Å². The van der Waals surface area contributed by atoms with E-state index in [1.807, 2.05) is 55.5 Å². The summed E-state index contributed by atoms with van der Waals surface area (Å²) >= 11 is 0. The fourth-order valence-corrected chi connectivity index (χ4v) is 5.74. The van der Waals surface area contributed by atoms with E-state index in [2.05, 4.69) is 12.1 Å². The highest BCUT2D eigenvalue weighted by Gasteiger charge is 2.36. The van der Waals surface area contributed by atoms with E-state index in [0.717, 1.165) is 23.3 Å². The van der Waals surface area contributed by atoms with Crippen LogP contribution in [0.4, 0.5) is 0 Å². The third-order valence-corrected chi connectivity index (χ3v) is 7.62. The Morgan fingerprint density at radius 1 is 1.09 bits per heavy atom. The van der Waals surface area contributed by atoms with Gasteiger partial charge in [-0.25, -0.2) is 8.42 Å². The lowest BCUT2D eigenvalue weighted by Crippen LogP contribution is -2.40. The molecule has 0 bridgehead atoms. The van der Waals surface area contributed by atoms with E-state index in [9.17, 15) is 13.2 Å². The van der Waals surface area contributed by atoms with Crippen molar-refractivity contribution in [2.75, 3.05) is 18.1 Å². The van der Waals surface area contributed by atoms with E-state index in [4.69, 9.17) is 9.26 Å². The SMILES string of the molecule is CCOc1ccc(-c2cc(C(=O)N(Cc3ccc(CC)cc3)[C@@H]3CCS(=O)(=O)C3)no2)cc1. The Morgan fingerprint density at radius 2 is 1.79 bits per heavy atom. The molecule has 1 fully saturated rings. The van der Waals surface area contributed by atoms with Crippen molar-refractivity contribution in [3.63, 3.8) is 0 Å². The molecule has 3 aromatic rings. The molecule has 1 saturated heterocycles. The third kappa shape index (κ3) is 5.45. The number of hydrogen-bond acceptors (Lipinski definition) is 6. The number of ether oxygens (including phenoxy) is 1. The van der Waals surface area contributed by atoms with E-state index >= 15 is 0 Å².